The van der Waals surface area contributed by atoms with E-state index in [0.29, 0.717) is 29.5 Å². The molecule has 1 saturated carbocycles. The number of rotatable bonds is 11. The summed E-state index contributed by atoms with van der Waals surface area (Å²) in [7, 11) is 0. The van der Waals surface area contributed by atoms with Crippen molar-refractivity contribution in [3.05, 3.63) is 35.4 Å². The molecule has 2 aliphatic rings. The summed E-state index contributed by atoms with van der Waals surface area (Å²) in [5.41, 5.74) is 0.817. The molecule has 1 aliphatic carbocycles. The van der Waals surface area contributed by atoms with E-state index < -0.39 is 0 Å². The SMILES string of the molecule is CCCN(CCC)C(=O)c1cccc(C(=O)NCCCN2C[C@H]3CCCC[C@H]3C[C@H]2C(=O)NC(C)(C)C)c1. The van der Waals surface area contributed by atoms with Crippen molar-refractivity contribution in [2.45, 2.75) is 97.6 Å². The number of piperidine rings is 1. The van der Waals surface area contributed by atoms with E-state index in [-0.39, 0.29) is 29.3 Å². The van der Waals surface area contributed by atoms with Gasteiger partial charge in [0.05, 0.1) is 6.04 Å². The number of hydrogen-bond acceptors (Lipinski definition) is 4. The lowest BCUT2D eigenvalue weighted by molar-refractivity contribution is -0.131. The summed E-state index contributed by atoms with van der Waals surface area (Å²) in [6, 6.07) is 6.94. The van der Waals surface area contributed by atoms with Gasteiger partial charge in [-0.25, -0.2) is 0 Å². The van der Waals surface area contributed by atoms with E-state index in [1.54, 1.807) is 24.3 Å². The highest BCUT2D eigenvalue weighted by molar-refractivity contribution is 5.99. The van der Waals surface area contributed by atoms with Crippen LogP contribution in [0.4, 0.5) is 0 Å². The number of carbonyl (C=O) groups is 3. The molecule has 0 aromatic heterocycles. The van der Waals surface area contributed by atoms with Crippen LogP contribution in [-0.4, -0.2) is 71.8 Å². The van der Waals surface area contributed by atoms with E-state index in [1.807, 2.05) is 25.7 Å². The highest BCUT2D eigenvalue weighted by Crippen LogP contribution is 2.38. The number of fused-ring (bicyclic) bond motifs is 1. The zero-order valence-electron chi connectivity index (χ0n) is 24.4. The monoisotopic (exact) mass is 526 g/mol. The van der Waals surface area contributed by atoms with Crippen LogP contribution in [0.25, 0.3) is 0 Å². The Morgan fingerprint density at radius 2 is 1.66 bits per heavy atom. The lowest BCUT2D eigenvalue weighted by Crippen LogP contribution is -2.57. The minimum absolute atomic E-state index is 0.0194. The molecule has 3 atom stereocenters. The van der Waals surface area contributed by atoms with Crippen molar-refractivity contribution >= 4 is 17.7 Å². The molecule has 1 heterocycles. The summed E-state index contributed by atoms with van der Waals surface area (Å²) in [6.45, 7) is 14.0. The van der Waals surface area contributed by atoms with Crippen molar-refractivity contribution in [1.82, 2.24) is 20.4 Å². The van der Waals surface area contributed by atoms with Gasteiger partial charge in [-0.05, 0) is 82.9 Å². The van der Waals surface area contributed by atoms with Crippen molar-refractivity contribution in [3.63, 3.8) is 0 Å². The number of nitrogens with one attached hydrogen (secondary N) is 2. The third-order valence-electron chi connectivity index (χ3n) is 7.86. The Morgan fingerprint density at radius 1 is 1.00 bits per heavy atom. The smallest absolute Gasteiger partial charge is 0.253 e. The molecule has 3 amide bonds. The number of nitrogens with zero attached hydrogens (tertiary/aromatic N) is 2. The predicted octanol–water partition coefficient (Wildman–Crippen LogP) is 4.86. The van der Waals surface area contributed by atoms with Gasteiger partial charge in [-0.1, -0.05) is 39.2 Å². The normalized spacial score (nSPS) is 21.9. The van der Waals surface area contributed by atoms with Gasteiger partial charge < -0.3 is 15.5 Å². The van der Waals surface area contributed by atoms with Crippen LogP contribution in [0.5, 0.6) is 0 Å². The molecule has 2 N–H and O–H groups in total. The average Bonchev–Trinajstić information content (AvgIpc) is 2.89. The Morgan fingerprint density at radius 3 is 2.32 bits per heavy atom. The molecule has 38 heavy (non-hydrogen) atoms. The van der Waals surface area contributed by atoms with Gasteiger partial charge in [0.1, 0.15) is 0 Å². The van der Waals surface area contributed by atoms with Crippen LogP contribution in [0.15, 0.2) is 24.3 Å². The standard InChI is InChI=1S/C31H50N4O3/c1-6-17-34(18-7-2)30(38)25-15-10-14-24(20-25)28(36)32-16-11-19-35-22-26-13-9-8-12-23(26)21-27(35)29(37)33-31(3,4)5/h10,14-15,20,23,26-27H,6-9,11-13,16-19,21-22H2,1-5H3,(H,32,36)(H,33,37)/t23-,26+,27-/m0/s1. The van der Waals surface area contributed by atoms with Crippen molar-refractivity contribution in [2.75, 3.05) is 32.7 Å². The van der Waals surface area contributed by atoms with Crippen molar-refractivity contribution in [1.29, 1.82) is 0 Å². The fraction of sp³-hybridized carbons (Fsp3) is 0.710. The quantitative estimate of drug-likeness (QED) is 0.403. The van der Waals surface area contributed by atoms with Gasteiger partial charge in [0.25, 0.3) is 11.8 Å². The molecule has 1 saturated heterocycles. The fourth-order valence-corrected chi connectivity index (χ4v) is 6.09. The molecule has 7 heteroatoms. The second-order valence-electron chi connectivity index (χ2n) is 12.3. The third kappa shape index (κ3) is 8.55. The van der Waals surface area contributed by atoms with Crippen LogP contribution in [0.3, 0.4) is 0 Å². The fourth-order valence-electron chi connectivity index (χ4n) is 6.09. The molecular formula is C31H50N4O3. The second kappa shape index (κ2) is 14.1. The van der Waals surface area contributed by atoms with Crippen molar-refractivity contribution < 1.29 is 14.4 Å². The van der Waals surface area contributed by atoms with E-state index in [0.717, 1.165) is 51.9 Å². The summed E-state index contributed by atoms with van der Waals surface area (Å²) in [5, 5.41) is 6.23. The number of benzene rings is 1. The van der Waals surface area contributed by atoms with Crippen LogP contribution in [0, 0.1) is 11.8 Å². The van der Waals surface area contributed by atoms with Crippen LogP contribution in [0.2, 0.25) is 0 Å². The van der Waals surface area contributed by atoms with E-state index >= 15 is 0 Å². The molecule has 0 spiro atoms. The Labute approximate surface area is 230 Å². The minimum atomic E-state index is -0.250. The topological polar surface area (TPSA) is 81.8 Å². The van der Waals surface area contributed by atoms with Crippen molar-refractivity contribution in [3.8, 4) is 0 Å². The Bertz CT molecular complexity index is 935. The second-order valence-corrected chi connectivity index (χ2v) is 12.3. The molecule has 3 rings (SSSR count). The lowest BCUT2D eigenvalue weighted by Gasteiger charge is -2.46. The van der Waals surface area contributed by atoms with Gasteiger partial charge in [-0.15, -0.1) is 0 Å². The summed E-state index contributed by atoms with van der Waals surface area (Å²) in [4.78, 5) is 43.3. The van der Waals surface area contributed by atoms with Gasteiger partial charge in [-0.2, -0.15) is 0 Å². The van der Waals surface area contributed by atoms with Crippen LogP contribution < -0.4 is 10.6 Å². The zero-order valence-corrected chi connectivity index (χ0v) is 24.4. The Balaban J connectivity index is 1.56. The van der Waals surface area contributed by atoms with Crippen LogP contribution >= 0.6 is 0 Å². The molecule has 0 bridgehead atoms. The van der Waals surface area contributed by atoms with Gasteiger partial charge in [0.2, 0.25) is 5.91 Å². The largest absolute Gasteiger partial charge is 0.352 e. The molecule has 212 valence electrons. The van der Waals surface area contributed by atoms with Gasteiger partial charge in [0, 0.05) is 49.4 Å². The van der Waals surface area contributed by atoms with E-state index in [9.17, 15) is 14.4 Å². The first kappa shape index (κ1) is 30.1. The number of hydrogen-bond donors (Lipinski definition) is 2. The van der Waals surface area contributed by atoms with Gasteiger partial charge >= 0.3 is 0 Å². The summed E-state index contributed by atoms with van der Waals surface area (Å²) in [5.74, 6) is 1.28. The van der Waals surface area contributed by atoms with E-state index in [4.69, 9.17) is 0 Å². The molecule has 1 aromatic carbocycles. The maximum atomic E-state index is 13.2. The lowest BCUT2D eigenvalue weighted by atomic mass is 9.72. The summed E-state index contributed by atoms with van der Waals surface area (Å²) >= 11 is 0. The zero-order chi connectivity index (χ0) is 27.7. The van der Waals surface area contributed by atoms with Crippen molar-refractivity contribution in [2.24, 2.45) is 11.8 Å². The highest BCUT2D eigenvalue weighted by Gasteiger charge is 2.40. The van der Waals surface area contributed by atoms with Crippen LogP contribution in [-0.2, 0) is 4.79 Å². The minimum Gasteiger partial charge on any atom is -0.352 e. The number of likely N-dealkylation sites (tertiary alicyclic amines) is 1. The molecule has 7 nitrogen and oxygen atoms in total. The predicted molar refractivity (Wildman–Crippen MR) is 153 cm³/mol. The average molecular weight is 527 g/mol. The maximum Gasteiger partial charge on any atom is 0.253 e. The Hall–Kier alpha value is -2.41. The maximum absolute atomic E-state index is 13.2. The first-order chi connectivity index (χ1) is 18.1. The first-order valence-electron chi connectivity index (χ1n) is 14.9. The first-order valence-corrected chi connectivity index (χ1v) is 14.9. The highest BCUT2D eigenvalue weighted by atomic mass is 16.2. The molecule has 0 radical (unpaired) electrons. The molecule has 0 unspecified atom stereocenters. The molecular weight excluding hydrogens is 476 g/mol. The summed E-state index contributed by atoms with van der Waals surface area (Å²) in [6.07, 6.45) is 8.60. The summed E-state index contributed by atoms with van der Waals surface area (Å²) < 4.78 is 0. The van der Waals surface area contributed by atoms with Gasteiger partial charge in [-0.3, -0.25) is 19.3 Å². The number of amides is 3. The van der Waals surface area contributed by atoms with E-state index in [2.05, 4.69) is 29.4 Å². The molecule has 1 aromatic rings. The van der Waals surface area contributed by atoms with Crippen LogP contribution in [0.1, 0.15) is 107 Å². The number of carbonyl (C=O) groups excluding carboxylic acids is 3. The molecule has 1 aliphatic heterocycles. The molecule has 2 fully saturated rings. The van der Waals surface area contributed by atoms with Gasteiger partial charge in [0.15, 0.2) is 0 Å². The van der Waals surface area contributed by atoms with E-state index in [1.165, 1.54) is 25.7 Å². The Kier molecular flexibility index (Phi) is 11.2. The third-order valence-corrected chi connectivity index (χ3v) is 7.86.